The molecule has 168 valence electrons. The van der Waals surface area contributed by atoms with Gasteiger partial charge in [-0.15, -0.1) is 0 Å². The predicted molar refractivity (Wildman–Crippen MR) is 132 cm³/mol. The lowest BCUT2D eigenvalue weighted by atomic mass is 9.79. The Balaban J connectivity index is 1.77. The number of carbonyl (C=O) groups excluding carboxylic acids is 1. The average molecular weight is 441 g/mol. The average Bonchev–Trinajstić information content (AvgIpc) is 2.87. The van der Waals surface area contributed by atoms with Gasteiger partial charge in [0, 0.05) is 6.08 Å². The highest BCUT2D eigenvalue weighted by atomic mass is 16.5. The van der Waals surface area contributed by atoms with Crippen LogP contribution in [0.3, 0.4) is 0 Å². The minimum atomic E-state index is -0.332. The van der Waals surface area contributed by atoms with E-state index in [9.17, 15) is 4.79 Å². The van der Waals surface area contributed by atoms with Gasteiger partial charge in [0.05, 0.1) is 20.8 Å². The molecule has 0 atom stereocenters. The van der Waals surface area contributed by atoms with Crippen molar-refractivity contribution in [2.45, 2.75) is 19.8 Å². The number of hydrogen-bond acceptors (Lipinski definition) is 4. The SMILES string of the molecule is CCOC(=O)C=Cc1ccc(C2=C(c3ccc(OC)cc3)CCc3cc(OC)ccc32)cc1. The third-order valence-corrected chi connectivity index (χ3v) is 5.86. The van der Waals surface area contributed by atoms with Crippen molar-refractivity contribution in [3.05, 3.63) is 101 Å². The molecular formula is C29H28O4. The second kappa shape index (κ2) is 10.2. The number of allylic oxidation sites excluding steroid dienone is 1. The van der Waals surface area contributed by atoms with E-state index in [0.29, 0.717) is 6.61 Å². The first-order chi connectivity index (χ1) is 16.1. The van der Waals surface area contributed by atoms with Crippen molar-refractivity contribution in [1.82, 2.24) is 0 Å². The molecule has 0 amide bonds. The lowest BCUT2D eigenvalue weighted by Crippen LogP contribution is -2.06. The molecule has 33 heavy (non-hydrogen) atoms. The number of ether oxygens (including phenoxy) is 3. The lowest BCUT2D eigenvalue weighted by Gasteiger charge is -2.25. The van der Waals surface area contributed by atoms with Crippen LogP contribution < -0.4 is 9.47 Å². The molecule has 0 N–H and O–H groups in total. The summed E-state index contributed by atoms with van der Waals surface area (Å²) in [5, 5.41) is 0. The Morgan fingerprint density at radius 2 is 1.52 bits per heavy atom. The zero-order valence-corrected chi connectivity index (χ0v) is 19.3. The van der Waals surface area contributed by atoms with E-state index in [2.05, 4.69) is 36.4 Å². The summed E-state index contributed by atoms with van der Waals surface area (Å²) in [6.07, 6.45) is 5.13. The summed E-state index contributed by atoms with van der Waals surface area (Å²) in [7, 11) is 3.38. The third-order valence-electron chi connectivity index (χ3n) is 5.86. The highest BCUT2D eigenvalue weighted by Crippen LogP contribution is 2.42. The number of esters is 1. The Morgan fingerprint density at radius 1 is 0.848 bits per heavy atom. The predicted octanol–water partition coefficient (Wildman–Crippen LogP) is 6.19. The van der Waals surface area contributed by atoms with Gasteiger partial charge in [-0.3, -0.25) is 0 Å². The molecule has 4 rings (SSSR count). The summed E-state index contributed by atoms with van der Waals surface area (Å²) in [5.74, 6) is 1.39. The fourth-order valence-electron chi connectivity index (χ4n) is 4.22. The number of aryl methyl sites for hydroxylation is 1. The maximum Gasteiger partial charge on any atom is 0.330 e. The molecule has 0 spiro atoms. The highest BCUT2D eigenvalue weighted by molar-refractivity contribution is 6.01. The van der Waals surface area contributed by atoms with E-state index >= 15 is 0 Å². The van der Waals surface area contributed by atoms with Gasteiger partial charge >= 0.3 is 5.97 Å². The molecule has 4 nitrogen and oxygen atoms in total. The van der Waals surface area contributed by atoms with Crippen molar-refractivity contribution in [2.75, 3.05) is 20.8 Å². The molecule has 0 saturated carbocycles. The lowest BCUT2D eigenvalue weighted by molar-refractivity contribution is -0.137. The molecule has 1 aliphatic carbocycles. The second-order valence-electron chi connectivity index (χ2n) is 7.81. The van der Waals surface area contributed by atoms with Crippen LogP contribution in [0.4, 0.5) is 0 Å². The van der Waals surface area contributed by atoms with Crippen LogP contribution in [0.2, 0.25) is 0 Å². The normalized spacial score (nSPS) is 13.1. The Kier molecular flexibility index (Phi) is 6.94. The monoisotopic (exact) mass is 440 g/mol. The van der Waals surface area contributed by atoms with E-state index in [1.807, 2.05) is 30.3 Å². The van der Waals surface area contributed by atoms with Gasteiger partial charge < -0.3 is 14.2 Å². The molecule has 3 aromatic carbocycles. The summed E-state index contributed by atoms with van der Waals surface area (Å²) in [5.41, 5.74) is 8.33. The van der Waals surface area contributed by atoms with E-state index in [1.54, 1.807) is 27.2 Å². The smallest absolute Gasteiger partial charge is 0.330 e. The zero-order valence-electron chi connectivity index (χ0n) is 19.3. The summed E-state index contributed by atoms with van der Waals surface area (Å²) in [6, 6.07) is 22.9. The van der Waals surface area contributed by atoms with Crippen molar-refractivity contribution >= 4 is 23.2 Å². The molecule has 0 fully saturated rings. The molecule has 0 heterocycles. The van der Waals surface area contributed by atoms with Crippen LogP contribution in [0.5, 0.6) is 11.5 Å². The Morgan fingerprint density at radius 3 is 2.18 bits per heavy atom. The number of benzene rings is 3. The van der Waals surface area contributed by atoms with Gasteiger partial charge in [0.15, 0.2) is 0 Å². The minimum Gasteiger partial charge on any atom is -0.497 e. The van der Waals surface area contributed by atoms with Crippen LogP contribution in [0.1, 0.15) is 41.2 Å². The molecule has 0 unspecified atom stereocenters. The van der Waals surface area contributed by atoms with Gasteiger partial charge in [-0.05, 0) is 89.1 Å². The fourth-order valence-corrected chi connectivity index (χ4v) is 4.22. The Bertz CT molecular complexity index is 1190. The van der Waals surface area contributed by atoms with Crippen molar-refractivity contribution < 1.29 is 19.0 Å². The molecule has 0 radical (unpaired) electrons. The van der Waals surface area contributed by atoms with Crippen LogP contribution in [-0.4, -0.2) is 26.8 Å². The number of carbonyl (C=O) groups is 1. The van der Waals surface area contributed by atoms with Gasteiger partial charge in [0.25, 0.3) is 0 Å². The quantitative estimate of drug-likeness (QED) is 0.325. The van der Waals surface area contributed by atoms with Crippen molar-refractivity contribution in [1.29, 1.82) is 0 Å². The molecule has 4 heteroatoms. The van der Waals surface area contributed by atoms with Gasteiger partial charge in [0.2, 0.25) is 0 Å². The van der Waals surface area contributed by atoms with Gasteiger partial charge in [-0.1, -0.05) is 42.5 Å². The van der Waals surface area contributed by atoms with Gasteiger partial charge in [-0.25, -0.2) is 4.79 Å². The summed E-state index contributed by atoms with van der Waals surface area (Å²) >= 11 is 0. The zero-order chi connectivity index (χ0) is 23.2. The van der Waals surface area contributed by atoms with Crippen molar-refractivity contribution in [3.63, 3.8) is 0 Å². The van der Waals surface area contributed by atoms with Crippen LogP contribution in [0, 0.1) is 0 Å². The number of methoxy groups -OCH3 is 2. The Labute approximate surface area is 195 Å². The molecular weight excluding hydrogens is 412 g/mol. The molecule has 0 saturated heterocycles. The first-order valence-corrected chi connectivity index (χ1v) is 11.1. The minimum absolute atomic E-state index is 0.332. The van der Waals surface area contributed by atoms with Crippen molar-refractivity contribution in [2.24, 2.45) is 0 Å². The summed E-state index contributed by atoms with van der Waals surface area (Å²) in [6.45, 7) is 2.17. The van der Waals surface area contributed by atoms with E-state index in [4.69, 9.17) is 14.2 Å². The van der Waals surface area contributed by atoms with E-state index < -0.39 is 0 Å². The van der Waals surface area contributed by atoms with Gasteiger partial charge in [0.1, 0.15) is 11.5 Å². The Hall–Kier alpha value is -3.79. The van der Waals surface area contributed by atoms with Crippen LogP contribution in [0.15, 0.2) is 72.8 Å². The number of fused-ring (bicyclic) bond motifs is 1. The number of hydrogen-bond donors (Lipinski definition) is 0. The van der Waals surface area contributed by atoms with E-state index in [1.165, 1.54) is 33.9 Å². The van der Waals surface area contributed by atoms with Crippen molar-refractivity contribution in [3.8, 4) is 11.5 Å². The van der Waals surface area contributed by atoms with E-state index in [-0.39, 0.29) is 5.97 Å². The summed E-state index contributed by atoms with van der Waals surface area (Å²) < 4.78 is 15.8. The largest absolute Gasteiger partial charge is 0.497 e. The second-order valence-corrected chi connectivity index (χ2v) is 7.81. The van der Waals surface area contributed by atoms with Gasteiger partial charge in [-0.2, -0.15) is 0 Å². The number of rotatable bonds is 7. The first kappa shape index (κ1) is 22.4. The van der Waals surface area contributed by atoms with Crippen LogP contribution in [0.25, 0.3) is 17.2 Å². The maximum atomic E-state index is 11.6. The fraction of sp³-hybridized carbons (Fsp3) is 0.207. The standard InChI is InChI=1S/C29H28O4/c1-4-33-28(30)18-7-20-5-8-22(9-6-20)29-26(21-10-13-24(31-2)14-11-21)16-12-23-19-25(32-3)15-17-27(23)29/h5-11,13-15,17-19H,4,12,16H2,1-3H3. The van der Waals surface area contributed by atoms with Crippen LogP contribution >= 0.6 is 0 Å². The highest BCUT2D eigenvalue weighted by Gasteiger charge is 2.22. The molecule has 0 bridgehead atoms. The molecule has 0 aliphatic heterocycles. The third kappa shape index (κ3) is 5.01. The first-order valence-electron chi connectivity index (χ1n) is 11.1. The molecule has 1 aliphatic rings. The van der Waals surface area contributed by atoms with E-state index in [0.717, 1.165) is 35.5 Å². The molecule has 3 aromatic rings. The topological polar surface area (TPSA) is 44.8 Å². The molecule has 0 aromatic heterocycles. The maximum absolute atomic E-state index is 11.6. The van der Waals surface area contributed by atoms with Crippen LogP contribution in [-0.2, 0) is 16.0 Å². The summed E-state index contributed by atoms with van der Waals surface area (Å²) in [4.78, 5) is 11.6.